The smallest absolute Gasteiger partial charge is 0.340 e. The zero-order valence-electron chi connectivity index (χ0n) is 20.1. The molecule has 1 aromatic carbocycles. The molecule has 8 nitrogen and oxygen atoms in total. The number of hydrogen-bond acceptors (Lipinski definition) is 7. The van der Waals surface area contributed by atoms with Gasteiger partial charge < -0.3 is 21.3 Å². The second-order valence-electron chi connectivity index (χ2n) is 10.9. The molecule has 3 aromatic rings. The van der Waals surface area contributed by atoms with Gasteiger partial charge in [-0.15, -0.1) is 0 Å². The van der Waals surface area contributed by atoms with E-state index < -0.39 is 12.2 Å². The average Bonchev–Trinajstić information content (AvgIpc) is 3.32. The quantitative estimate of drug-likeness (QED) is 0.411. The second-order valence-corrected chi connectivity index (χ2v) is 10.9. The zero-order chi connectivity index (χ0) is 24.4. The van der Waals surface area contributed by atoms with E-state index in [2.05, 4.69) is 39.6 Å². The molecule has 7 rings (SSSR count). The molecular weight excluding hydrogens is 452 g/mol. The van der Waals surface area contributed by atoms with Crippen molar-refractivity contribution in [1.82, 2.24) is 15.0 Å². The molecule has 2 aliphatic heterocycles. The number of anilines is 2. The highest BCUT2D eigenvalue weighted by Gasteiger charge is 2.43. The van der Waals surface area contributed by atoms with Crippen LogP contribution >= 0.6 is 0 Å². The van der Waals surface area contributed by atoms with E-state index in [-0.39, 0.29) is 5.92 Å². The minimum atomic E-state index is -0.933. The number of aliphatic hydroxyl groups excluding tert-OH is 2. The van der Waals surface area contributed by atoms with Crippen LogP contribution in [0.15, 0.2) is 36.8 Å². The van der Waals surface area contributed by atoms with Crippen LogP contribution in [0.1, 0.15) is 48.8 Å². The first-order valence-corrected chi connectivity index (χ1v) is 13.0. The maximum absolute atomic E-state index is 10.8. The van der Waals surface area contributed by atoms with Gasteiger partial charge in [0, 0.05) is 17.8 Å². The minimum absolute atomic E-state index is 0.0415. The summed E-state index contributed by atoms with van der Waals surface area (Å²) in [6, 6.07) is 9.32. The highest BCUT2D eigenvalue weighted by molar-refractivity contribution is 5.90. The first kappa shape index (κ1) is 21.9. The Hall–Kier alpha value is -3.36. The molecule has 184 valence electrons. The van der Waals surface area contributed by atoms with Gasteiger partial charge in [-0.1, -0.05) is 25.0 Å². The summed E-state index contributed by atoms with van der Waals surface area (Å²) < 4.78 is 1.85. The monoisotopic (exact) mass is 483 g/mol. The summed E-state index contributed by atoms with van der Waals surface area (Å²) in [4.78, 5) is 13.3. The molecule has 2 saturated carbocycles. The van der Waals surface area contributed by atoms with Crippen molar-refractivity contribution in [1.29, 1.82) is 0 Å². The normalized spacial score (nSPS) is 28.5. The molecule has 2 fully saturated rings. The first-order valence-electron chi connectivity index (χ1n) is 13.0. The first-order chi connectivity index (χ1) is 17.5. The van der Waals surface area contributed by atoms with E-state index in [1.54, 1.807) is 0 Å². The summed E-state index contributed by atoms with van der Waals surface area (Å²) in [5.41, 5.74) is 11.0. The lowest BCUT2D eigenvalue weighted by molar-refractivity contribution is -0.365. The molecule has 0 saturated heterocycles. The van der Waals surface area contributed by atoms with Crippen molar-refractivity contribution in [3.8, 4) is 0 Å². The number of benzene rings is 1. The molecular formula is C28H31N6O2+. The molecule has 4 heterocycles. The third-order valence-corrected chi connectivity index (χ3v) is 8.33. The van der Waals surface area contributed by atoms with Crippen LogP contribution in [0, 0.1) is 11.8 Å². The zero-order valence-corrected chi connectivity index (χ0v) is 20.1. The number of hydrogen-bond donors (Lipinski definition) is 4. The molecule has 5 N–H and O–H groups in total. The Balaban J connectivity index is 1.07. The number of rotatable bonds is 5. The molecule has 4 atom stereocenters. The van der Waals surface area contributed by atoms with Crippen LogP contribution in [0.2, 0.25) is 0 Å². The molecule has 36 heavy (non-hydrogen) atoms. The van der Waals surface area contributed by atoms with Crippen molar-refractivity contribution in [2.45, 2.75) is 63.2 Å². The predicted molar refractivity (Wildman–Crippen MR) is 139 cm³/mol. The van der Waals surface area contributed by atoms with E-state index in [1.807, 2.05) is 16.9 Å². The van der Waals surface area contributed by atoms with Crippen LogP contribution in [0.4, 0.5) is 17.5 Å². The van der Waals surface area contributed by atoms with Crippen molar-refractivity contribution < 1.29 is 14.8 Å². The molecule has 2 aliphatic carbocycles. The Morgan fingerprint density at radius 3 is 2.86 bits per heavy atom. The summed E-state index contributed by atoms with van der Waals surface area (Å²) >= 11 is 0. The van der Waals surface area contributed by atoms with Crippen molar-refractivity contribution in [3.05, 3.63) is 53.5 Å². The van der Waals surface area contributed by atoms with Gasteiger partial charge in [-0.25, -0.2) is 9.56 Å². The van der Waals surface area contributed by atoms with Crippen LogP contribution in [0.5, 0.6) is 0 Å². The summed E-state index contributed by atoms with van der Waals surface area (Å²) in [5, 5.41) is 26.5. The third-order valence-electron chi connectivity index (χ3n) is 8.33. The number of nitrogen functional groups attached to an aromatic ring is 1. The van der Waals surface area contributed by atoms with Gasteiger partial charge in [0.2, 0.25) is 6.33 Å². The fraction of sp³-hybridized carbons (Fsp3) is 0.429. The molecule has 0 bridgehead atoms. The molecule has 0 radical (unpaired) electrons. The van der Waals surface area contributed by atoms with Crippen LogP contribution in [0.3, 0.4) is 0 Å². The Morgan fingerprint density at radius 1 is 1.11 bits per heavy atom. The number of nitrogens with one attached hydrogen (secondary N) is 1. The van der Waals surface area contributed by atoms with Gasteiger partial charge >= 0.3 is 5.82 Å². The Kier molecular flexibility index (Phi) is 5.08. The van der Waals surface area contributed by atoms with Gasteiger partial charge in [0.1, 0.15) is 29.0 Å². The number of nitrogens with two attached hydrogens (primary N) is 1. The van der Waals surface area contributed by atoms with Crippen LogP contribution < -0.4 is 11.1 Å². The van der Waals surface area contributed by atoms with Gasteiger partial charge in [0.25, 0.3) is 0 Å². The summed E-state index contributed by atoms with van der Waals surface area (Å²) in [5.74, 6) is 2.98. The topological polar surface area (TPSA) is 120 Å². The lowest BCUT2D eigenvalue weighted by Gasteiger charge is -2.15. The highest BCUT2D eigenvalue weighted by Crippen LogP contribution is 2.38. The summed E-state index contributed by atoms with van der Waals surface area (Å²) in [6.07, 6.45) is 10.7. The standard InChI is InChI=1S/C28H31N6O2/c29-26-21-7-8-34(28(21)31-14-30-26)23-13-18(24(35)25(23)36)6-4-16-3-5-17-11-19-12-20(9-15-1-2-15)32-27(19)33-22(17)10-16/h3,5,7-8,10-11,14-15,18,20,24-25,35-36H,1-2,4,6,9,12-13H2,(H,32,33)(H2,29,30,31)/q+1/t18-,20+,24+,25-/m0/s1. The van der Waals surface area contributed by atoms with Crippen molar-refractivity contribution in [2.75, 3.05) is 11.1 Å². The van der Waals surface area contributed by atoms with Gasteiger partial charge in [-0.05, 0) is 71.8 Å². The van der Waals surface area contributed by atoms with Crippen molar-refractivity contribution in [3.63, 3.8) is 0 Å². The summed E-state index contributed by atoms with van der Waals surface area (Å²) in [7, 11) is 0. The second kappa shape index (κ2) is 8.35. The molecule has 8 heteroatoms. The molecule has 0 unspecified atom stereocenters. The van der Waals surface area contributed by atoms with E-state index in [0.29, 0.717) is 24.1 Å². The van der Waals surface area contributed by atoms with Crippen LogP contribution in [-0.2, 0) is 12.8 Å². The Morgan fingerprint density at radius 2 is 2.00 bits per heavy atom. The fourth-order valence-electron chi connectivity index (χ4n) is 6.13. The lowest BCUT2D eigenvalue weighted by atomic mass is 9.95. The van der Waals surface area contributed by atoms with Gasteiger partial charge in [-0.2, -0.15) is 4.98 Å². The SMILES string of the molecule is Nc1ncnc2c1C=C[N+]2=C1C[C@H](CCc2ccc3cc4c(nc3c2)N[C@H](CC2CC2)C4)[C@@H](O)[C@H]1O. The fourth-order valence-corrected chi connectivity index (χ4v) is 6.13. The van der Waals surface area contributed by atoms with E-state index in [4.69, 9.17) is 10.7 Å². The van der Waals surface area contributed by atoms with Crippen molar-refractivity contribution in [2.24, 2.45) is 11.8 Å². The molecule has 0 amide bonds. The third kappa shape index (κ3) is 3.76. The Labute approximate surface area is 209 Å². The summed E-state index contributed by atoms with van der Waals surface area (Å²) in [6.45, 7) is 0. The number of nitrogens with zero attached hydrogens (tertiary/aromatic N) is 4. The number of fused-ring (bicyclic) bond motifs is 3. The minimum Gasteiger partial charge on any atom is -0.390 e. The number of aromatic nitrogens is 3. The van der Waals surface area contributed by atoms with Gasteiger partial charge in [0.15, 0.2) is 0 Å². The van der Waals surface area contributed by atoms with E-state index in [1.165, 1.54) is 42.1 Å². The van der Waals surface area contributed by atoms with Crippen molar-refractivity contribution >= 4 is 40.1 Å². The number of aryl methyl sites for hydroxylation is 1. The van der Waals surface area contributed by atoms with E-state index >= 15 is 0 Å². The predicted octanol–water partition coefficient (Wildman–Crippen LogP) is 3.19. The number of aliphatic hydroxyl groups is 2. The largest absolute Gasteiger partial charge is 0.390 e. The van der Waals surface area contributed by atoms with E-state index in [0.717, 1.165) is 47.8 Å². The average molecular weight is 484 g/mol. The molecule has 2 aromatic heterocycles. The van der Waals surface area contributed by atoms with E-state index in [9.17, 15) is 10.2 Å². The van der Waals surface area contributed by atoms with Gasteiger partial charge in [-0.3, -0.25) is 0 Å². The maximum atomic E-state index is 10.8. The Bertz CT molecular complexity index is 1430. The molecule has 4 aliphatic rings. The van der Waals surface area contributed by atoms with Crippen LogP contribution in [-0.4, -0.2) is 53.7 Å². The maximum Gasteiger partial charge on any atom is 0.340 e. The van der Waals surface area contributed by atoms with Gasteiger partial charge in [0.05, 0.1) is 17.8 Å². The number of pyridine rings is 1. The lowest BCUT2D eigenvalue weighted by Crippen LogP contribution is -2.31. The molecule has 0 spiro atoms. The van der Waals surface area contributed by atoms with Crippen LogP contribution in [0.25, 0.3) is 17.0 Å². The highest BCUT2D eigenvalue weighted by atomic mass is 16.3.